The van der Waals surface area contributed by atoms with Gasteiger partial charge < -0.3 is 4.43 Å². The van der Waals surface area contributed by atoms with Crippen molar-refractivity contribution >= 4 is 8.32 Å². The number of allylic oxidation sites excluding steroid dienone is 3. The summed E-state index contributed by atoms with van der Waals surface area (Å²) in [5.41, 5.74) is 4.25. The van der Waals surface area contributed by atoms with Crippen molar-refractivity contribution < 1.29 is 4.43 Å². The van der Waals surface area contributed by atoms with Gasteiger partial charge in [-0.05, 0) is 50.0 Å². The summed E-state index contributed by atoms with van der Waals surface area (Å²) in [5, 5.41) is 0.282. The quantitative estimate of drug-likeness (QED) is 0.614. The summed E-state index contributed by atoms with van der Waals surface area (Å²) in [4.78, 5) is 0. The highest BCUT2D eigenvalue weighted by molar-refractivity contribution is 6.74. The van der Waals surface area contributed by atoms with Crippen molar-refractivity contribution in [2.75, 3.05) is 0 Å². The molecule has 1 aliphatic rings. The highest BCUT2D eigenvalue weighted by Gasteiger charge is 2.40. The van der Waals surface area contributed by atoms with Gasteiger partial charge in [0.2, 0.25) is 8.32 Å². The second-order valence-corrected chi connectivity index (χ2v) is 11.2. The third kappa shape index (κ3) is 2.42. The fraction of sp³-hybridized carbons (Fsp3) is 0.714. The van der Waals surface area contributed by atoms with E-state index in [-0.39, 0.29) is 5.04 Å². The predicted octanol–water partition coefficient (Wildman–Crippen LogP) is 5.02. The molecule has 1 nitrogen and oxygen atoms in total. The predicted molar refractivity (Wildman–Crippen MR) is 74.0 cm³/mol. The van der Waals surface area contributed by atoms with Crippen LogP contribution in [0.25, 0.3) is 0 Å². The molecule has 0 amide bonds. The Hall–Kier alpha value is -0.503. The monoisotopic (exact) mass is 238 g/mol. The molecule has 0 saturated carbocycles. The molecule has 1 rings (SSSR count). The van der Waals surface area contributed by atoms with Gasteiger partial charge in [-0.25, -0.2) is 0 Å². The molecule has 0 saturated heterocycles. The zero-order chi connectivity index (χ0) is 12.7. The zero-order valence-electron chi connectivity index (χ0n) is 12.1. The van der Waals surface area contributed by atoms with E-state index < -0.39 is 8.32 Å². The molecule has 0 bridgehead atoms. The zero-order valence-corrected chi connectivity index (χ0v) is 13.1. The Bertz CT molecular complexity index is 353. The van der Waals surface area contributed by atoms with Crippen LogP contribution in [0.4, 0.5) is 0 Å². The highest BCUT2D eigenvalue weighted by Crippen LogP contribution is 2.41. The van der Waals surface area contributed by atoms with Crippen LogP contribution in [0.3, 0.4) is 0 Å². The third-order valence-corrected chi connectivity index (χ3v) is 8.60. The first-order valence-electron chi connectivity index (χ1n) is 6.12. The summed E-state index contributed by atoms with van der Waals surface area (Å²) in [5.74, 6) is 1.22. The third-order valence-electron chi connectivity index (χ3n) is 4.23. The Morgan fingerprint density at radius 2 is 1.50 bits per heavy atom. The Morgan fingerprint density at radius 1 is 1.00 bits per heavy atom. The molecule has 16 heavy (non-hydrogen) atoms. The molecule has 0 aliphatic heterocycles. The van der Waals surface area contributed by atoms with Crippen molar-refractivity contribution in [1.29, 1.82) is 0 Å². The van der Waals surface area contributed by atoms with Gasteiger partial charge in [0.15, 0.2) is 0 Å². The molecule has 0 N–H and O–H groups in total. The van der Waals surface area contributed by atoms with Gasteiger partial charge in [0.1, 0.15) is 0 Å². The van der Waals surface area contributed by atoms with Gasteiger partial charge in [-0.15, -0.1) is 0 Å². The normalized spacial score (nSPS) is 18.5. The van der Waals surface area contributed by atoms with Gasteiger partial charge in [-0.1, -0.05) is 26.3 Å². The molecule has 0 radical (unpaired) electrons. The maximum absolute atomic E-state index is 6.39. The first-order chi connectivity index (χ1) is 7.06. The van der Waals surface area contributed by atoms with Crippen molar-refractivity contribution in [3.63, 3.8) is 0 Å². The van der Waals surface area contributed by atoms with E-state index in [1.54, 1.807) is 0 Å². The molecule has 0 heterocycles. The van der Waals surface area contributed by atoms with Crippen LogP contribution < -0.4 is 0 Å². The first kappa shape index (κ1) is 13.6. The lowest BCUT2D eigenvalue weighted by Gasteiger charge is -2.37. The molecule has 0 aromatic rings. The first-order valence-corrected chi connectivity index (χ1v) is 9.02. The highest BCUT2D eigenvalue weighted by atomic mass is 28.4. The standard InChI is InChI=1S/C14H26OSi/c1-10-9-13(12(3)11(10)2)15-16(7,8)14(4,5)6/h9H2,1-8H3. The lowest BCUT2D eigenvalue weighted by molar-refractivity contribution is 0.373. The van der Waals surface area contributed by atoms with Crippen LogP contribution in [0.1, 0.15) is 48.0 Å². The summed E-state index contributed by atoms with van der Waals surface area (Å²) in [6.45, 7) is 18.1. The van der Waals surface area contributed by atoms with Crippen LogP contribution in [0.15, 0.2) is 22.5 Å². The minimum atomic E-state index is -1.66. The van der Waals surface area contributed by atoms with E-state index in [4.69, 9.17) is 4.43 Å². The Morgan fingerprint density at radius 3 is 1.81 bits per heavy atom. The molecule has 2 heteroatoms. The Labute approximate surface area is 102 Å². The molecule has 0 spiro atoms. The minimum absolute atomic E-state index is 0.282. The molecule has 0 unspecified atom stereocenters. The fourth-order valence-electron chi connectivity index (χ4n) is 1.61. The summed E-state index contributed by atoms with van der Waals surface area (Å²) >= 11 is 0. The molecule has 0 atom stereocenters. The van der Waals surface area contributed by atoms with Crippen molar-refractivity contribution in [2.24, 2.45) is 0 Å². The molecule has 92 valence electrons. The van der Waals surface area contributed by atoms with Crippen molar-refractivity contribution in [3.05, 3.63) is 22.5 Å². The molecular formula is C14H26OSi. The lowest BCUT2D eigenvalue weighted by Crippen LogP contribution is -2.40. The molecule has 0 aromatic carbocycles. The summed E-state index contributed by atoms with van der Waals surface area (Å²) in [6.07, 6.45) is 1.02. The number of rotatable bonds is 2. The van der Waals surface area contributed by atoms with Crippen molar-refractivity contribution in [2.45, 2.75) is 66.1 Å². The topological polar surface area (TPSA) is 9.23 Å². The van der Waals surface area contributed by atoms with Gasteiger partial charge in [-0.3, -0.25) is 0 Å². The van der Waals surface area contributed by atoms with E-state index in [9.17, 15) is 0 Å². The van der Waals surface area contributed by atoms with Crippen molar-refractivity contribution in [1.82, 2.24) is 0 Å². The molecular weight excluding hydrogens is 212 g/mol. The maximum atomic E-state index is 6.39. The summed E-state index contributed by atoms with van der Waals surface area (Å²) in [7, 11) is -1.66. The van der Waals surface area contributed by atoms with Gasteiger partial charge in [0, 0.05) is 6.42 Å². The van der Waals surface area contributed by atoms with Gasteiger partial charge in [-0.2, -0.15) is 0 Å². The smallest absolute Gasteiger partial charge is 0.250 e. The van der Waals surface area contributed by atoms with Crippen LogP contribution >= 0.6 is 0 Å². The van der Waals surface area contributed by atoms with E-state index in [2.05, 4.69) is 54.6 Å². The van der Waals surface area contributed by atoms with E-state index in [1.165, 1.54) is 22.5 Å². The Balaban J connectivity index is 2.87. The van der Waals surface area contributed by atoms with Crippen LogP contribution in [-0.4, -0.2) is 8.32 Å². The maximum Gasteiger partial charge on any atom is 0.250 e. The van der Waals surface area contributed by atoms with E-state index in [0.717, 1.165) is 6.42 Å². The largest absolute Gasteiger partial charge is 0.546 e. The SMILES string of the molecule is CC1=C(C)C(C)=C(O[Si](C)(C)C(C)(C)C)C1. The summed E-state index contributed by atoms with van der Waals surface area (Å²) in [6, 6.07) is 0. The van der Waals surface area contributed by atoms with Crippen LogP contribution in [0, 0.1) is 0 Å². The van der Waals surface area contributed by atoms with E-state index in [1.807, 2.05) is 0 Å². The number of hydrogen-bond donors (Lipinski definition) is 0. The van der Waals surface area contributed by atoms with Crippen LogP contribution in [0.5, 0.6) is 0 Å². The van der Waals surface area contributed by atoms with Gasteiger partial charge in [0.05, 0.1) is 5.76 Å². The summed E-state index contributed by atoms with van der Waals surface area (Å²) < 4.78 is 6.39. The second kappa shape index (κ2) is 4.06. The van der Waals surface area contributed by atoms with E-state index >= 15 is 0 Å². The average Bonchev–Trinajstić information content (AvgIpc) is 2.31. The second-order valence-electron chi connectivity index (χ2n) is 6.49. The van der Waals surface area contributed by atoms with Gasteiger partial charge >= 0.3 is 0 Å². The van der Waals surface area contributed by atoms with E-state index in [0.29, 0.717) is 0 Å². The van der Waals surface area contributed by atoms with Gasteiger partial charge in [0.25, 0.3) is 0 Å². The van der Waals surface area contributed by atoms with Crippen LogP contribution in [-0.2, 0) is 4.43 Å². The average molecular weight is 238 g/mol. The molecule has 1 aliphatic carbocycles. The fourth-order valence-corrected chi connectivity index (χ4v) is 2.76. The minimum Gasteiger partial charge on any atom is -0.546 e. The Kier molecular flexibility index (Phi) is 3.44. The lowest BCUT2D eigenvalue weighted by atomic mass is 10.1. The van der Waals surface area contributed by atoms with Crippen molar-refractivity contribution in [3.8, 4) is 0 Å². The number of hydrogen-bond acceptors (Lipinski definition) is 1. The van der Waals surface area contributed by atoms with Crippen LogP contribution in [0.2, 0.25) is 18.1 Å². The molecule has 0 fully saturated rings. The molecule has 0 aromatic heterocycles.